The predicted molar refractivity (Wildman–Crippen MR) is 78.8 cm³/mol. The van der Waals surface area contributed by atoms with Crippen molar-refractivity contribution in [1.82, 2.24) is 5.32 Å². The number of carbonyl (C=O) groups excluding carboxylic acids is 1. The highest BCUT2D eigenvalue weighted by Gasteiger charge is 2.32. The number of thioether (sulfide) groups is 1. The molecule has 3 nitrogen and oxygen atoms in total. The Bertz CT molecular complexity index is 475. The zero-order chi connectivity index (χ0) is 13.3. The van der Waals surface area contributed by atoms with Gasteiger partial charge < -0.3 is 11.1 Å². The van der Waals surface area contributed by atoms with E-state index in [9.17, 15) is 4.79 Å². The van der Waals surface area contributed by atoms with Crippen molar-refractivity contribution in [2.24, 2.45) is 5.73 Å². The summed E-state index contributed by atoms with van der Waals surface area (Å²) in [6.07, 6.45) is 0.764. The molecular weight excluding hydrogens is 264 g/mol. The molecule has 1 amide bonds. The minimum atomic E-state index is -0.637. The van der Waals surface area contributed by atoms with Crippen molar-refractivity contribution in [3.8, 4) is 0 Å². The number of nitrogens with two attached hydrogens (primary N) is 1. The summed E-state index contributed by atoms with van der Waals surface area (Å²) in [6, 6.07) is 8.10. The van der Waals surface area contributed by atoms with Crippen LogP contribution in [-0.2, 0) is 11.2 Å². The number of fused-ring (bicyclic) bond motifs is 1. The summed E-state index contributed by atoms with van der Waals surface area (Å²) in [5.41, 5.74) is 6.21. The number of amides is 1. The Hall–Kier alpha value is -1.07. The van der Waals surface area contributed by atoms with Crippen LogP contribution in [0.4, 0.5) is 0 Å². The molecule has 1 atom stereocenters. The molecule has 18 heavy (non-hydrogen) atoms. The molecule has 3 N–H and O–H groups in total. The Labute approximate surface area is 117 Å². The smallest absolute Gasteiger partial charge is 0.234 e. The summed E-state index contributed by atoms with van der Waals surface area (Å²) in [5, 5.41) is 2.82. The third-order valence-corrected chi connectivity index (χ3v) is 4.82. The Balaban J connectivity index is 2.04. The second-order valence-electron chi connectivity index (χ2n) is 4.90. The molecule has 0 aromatic heterocycles. The molecule has 96 valence electrons. The van der Waals surface area contributed by atoms with E-state index in [2.05, 4.69) is 11.4 Å². The van der Waals surface area contributed by atoms with Crippen molar-refractivity contribution in [2.75, 3.05) is 0 Å². The number of hydrogen-bond acceptors (Lipinski definition) is 3. The van der Waals surface area contributed by atoms with Gasteiger partial charge in [-0.1, -0.05) is 30.4 Å². The molecule has 0 saturated carbocycles. The van der Waals surface area contributed by atoms with Crippen LogP contribution in [0.15, 0.2) is 29.2 Å². The van der Waals surface area contributed by atoms with Crippen LogP contribution < -0.4 is 11.1 Å². The summed E-state index contributed by atoms with van der Waals surface area (Å²) in [6.45, 7) is 3.64. The van der Waals surface area contributed by atoms with E-state index < -0.39 is 5.54 Å². The van der Waals surface area contributed by atoms with Crippen molar-refractivity contribution in [1.29, 1.82) is 0 Å². The summed E-state index contributed by atoms with van der Waals surface area (Å²) >= 11 is 6.55. The minimum Gasteiger partial charge on any atom is -0.391 e. The third-order valence-electron chi connectivity index (χ3n) is 2.99. The van der Waals surface area contributed by atoms with Gasteiger partial charge in [0, 0.05) is 4.90 Å². The van der Waals surface area contributed by atoms with Crippen LogP contribution in [0.5, 0.6) is 0 Å². The lowest BCUT2D eigenvalue weighted by Crippen LogP contribution is -2.54. The van der Waals surface area contributed by atoms with Gasteiger partial charge in [-0.15, -0.1) is 11.8 Å². The molecule has 0 spiro atoms. The summed E-state index contributed by atoms with van der Waals surface area (Å²) in [7, 11) is 0. The molecule has 0 aliphatic carbocycles. The molecule has 5 heteroatoms. The van der Waals surface area contributed by atoms with E-state index in [1.54, 1.807) is 11.8 Å². The van der Waals surface area contributed by atoms with E-state index in [0.29, 0.717) is 4.99 Å². The SMILES string of the molecule is CC(C)(NC(=O)C1Cc2ccccc2S1)C(N)=S. The highest BCUT2D eigenvalue weighted by molar-refractivity contribution is 8.01. The third kappa shape index (κ3) is 2.67. The van der Waals surface area contributed by atoms with Crippen LogP contribution in [0.3, 0.4) is 0 Å². The van der Waals surface area contributed by atoms with Gasteiger partial charge in [0.2, 0.25) is 5.91 Å². The molecule has 0 saturated heterocycles. The molecule has 1 aromatic rings. The normalized spacial score (nSPS) is 18.2. The molecule has 0 fully saturated rings. The number of carbonyl (C=O) groups is 1. The standard InChI is InChI=1S/C13H16N2OS2/c1-13(2,12(14)17)15-11(16)10-7-8-5-3-4-6-9(8)18-10/h3-6,10H,7H2,1-2H3,(H2,14,17)(H,15,16). The maximum Gasteiger partial charge on any atom is 0.234 e. The van der Waals surface area contributed by atoms with E-state index in [-0.39, 0.29) is 11.2 Å². The maximum absolute atomic E-state index is 12.2. The average molecular weight is 280 g/mol. The number of benzene rings is 1. The Morgan fingerprint density at radius 3 is 2.78 bits per heavy atom. The lowest BCUT2D eigenvalue weighted by atomic mass is 10.0. The minimum absolute atomic E-state index is 0.00556. The molecule has 2 rings (SSSR count). The van der Waals surface area contributed by atoms with Gasteiger partial charge in [-0.3, -0.25) is 4.79 Å². The molecule has 1 heterocycles. The monoisotopic (exact) mass is 280 g/mol. The van der Waals surface area contributed by atoms with E-state index in [4.69, 9.17) is 18.0 Å². The summed E-state index contributed by atoms with van der Waals surface area (Å²) in [5.74, 6) is -0.00556. The van der Waals surface area contributed by atoms with Gasteiger partial charge in [-0.25, -0.2) is 0 Å². The van der Waals surface area contributed by atoms with Crippen LogP contribution >= 0.6 is 24.0 Å². The van der Waals surface area contributed by atoms with Crippen molar-refractivity contribution in [2.45, 2.75) is 36.0 Å². The first-order valence-electron chi connectivity index (χ1n) is 5.76. The Morgan fingerprint density at radius 1 is 1.50 bits per heavy atom. The van der Waals surface area contributed by atoms with E-state index in [0.717, 1.165) is 6.42 Å². The Kier molecular flexibility index (Phi) is 3.64. The topological polar surface area (TPSA) is 55.1 Å². The fraction of sp³-hybridized carbons (Fsp3) is 0.385. The van der Waals surface area contributed by atoms with Gasteiger partial charge in [0.1, 0.15) is 0 Å². The van der Waals surface area contributed by atoms with Crippen LogP contribution in [0.25, 0.3) is 0 Å². The second kappa shape index (κ2) is 4.90. The van der Waals surface area contributed by atoms with Crippen LogP contribution in [0, 0.1) is 0 Å². The van der Waals surface area contributed by atoms with Crippen molar-refractivity contribution >= 4 is 34.9 Å². The lowest BCUT2D eigenvalue weighted by molar-refractivity contribution is -0.121. The number of thiocarbonyl (C=S) groups is 1. The van der Waals surface area contributed by atoms with Crippen LogP contribution in [-0.4, -0.2) is 21.7 Å². The summed E-state index contributed by atoms with van der Waals surface area (Å²) < 4.78 is 0. The molecule has 1 unspecified atom stereocenters. The Morgan fingerprint density at radius 2 is 2.17 bits per heavy atom. The average Bonchev–Trinajstić information content (AvgIpc) is 2.71. The quantitative estimate of drug-likeness (QED) is 0.830. The fourth-order valence-corrected chi connectivity index (χ4v) is 3.02. The molecular formula is C13H16N2OS2. The van der Waals surface area contributed by atoms with Gasteiger partial charge in [-0.05, 0) is 31.9 Å². The zero-order valence-electron chi connectivity index (χ0n) is 10.4. The highest BCUT2D eigenvalue weighted by atomic mass is 32.2. The molecule has 0 radical (unpaired) electrons. The predicted octanol–water partition coefficient (Wildman–Crippen LogP) is 1.88. The van der Waals surface area contributed by atoms with Crippen molar-refractivity contribution in [3.63, 3.8) is 0 Å². The lowest BCUT2D eigenvalue weighted by Gasteiger charge is -2.26. The van der Waals surface area contributed by atoms with Gasteiger partial charge in [0.05, 0.1) is 15.8 Å². The van der Waals surface area contributed by atoms with E-state index in [1.807, 2.05) is 32.0 Å². The molecule has 1 aliphatic heterocycles. The van der Waals surface area contributed by atoms with E-state index >= 15 is 0 Å². The second-order valence-corrected chi connectivity index (χ2v) is 6.58. The summed E-state index contributed by atoms with van der Waals surface area (Å²) in [4.78, 5) is 13.7. The van der Waals surface area contributed by atoms with Gasteiger partial charge >= 0.3 is 0 Å². The maximum atomic E-state index is 12.2. The van der Waals surface area contributed by atoms with Gasteiger partial charge in [0.25, 0.3) is 0 Å². The number of rotatable bonds is 3. The first-order chi connectivity index (χ1) is 8.40. The first-order valence-corrected chi connectivity index (χ1v) is 7.05. The number of hydrogen-bond donors (Lipinski definition) is 2. The van der Waals surface area contributed by atoms with Crippen LogP contribution in [0.2, 0.25) is 0 Å². The fourth-order valence-electron chi connectivity index (χ4n) is 1.78. The zero-order valence-corrected chi connectivity index (χ0v) is 12.0. The van der Waals surface area contributed by atoms with E-state index in [1.165, 1.54) is 10.5 Å². The van der Waals surface area contributed by atoms with Crippen LogP contribution in [0.1, 0.15) is 19.4 Å². The van der Waals surface area contributed by atoms with Gasteiger partial charge in [0.15, 0.2) is 0 Å². The molecule has 1 aromatic carbocycles. The van der Waals surface area contributed by atoms with Crippen molar-refractivity contribution in [3.05, 3.63) is 29.8 Å². The molecule has 1 aliphatic rings. The first kappa shape index (κ1) is 13.4. The molecule has 0 bridgehead atoms. The van der Waals surface area contributed by atoms with Gasteiger partial charge in [-0.2, -0.15) is 0 Å². The number of nitrogens with one attached hydrogen (secondary N) is 1. The van der Waals surface area contributed by atoms with Crippen molar-refractivity contribution < 1.29 is 4.79 Å². The highest BCUT2D eigenvalue weighted by Crippen LogP contribution is 2.36. The largest absolute Gasteiger partial charge is 0.391 e.